The zero-order valence-corrected chi connectivity index (χ0v) is 17.1. The molecule has 0 aliphatic carbocycles. The van der Waals surface area contributed by atoms with E-state index in [1.54, 1.807) is 5.38 Å². The van der Waals surface area contributed by atoms with Crippen molar-refractivity contribution in [3.63, 3.8) is 0 Å². The van der Waals surface area contributed by atoms with Crippen molar-refractivity contribution >= 4 is 22.9 Å². The Hall–Kier alpha value is -2.87. The Bertz CT molecular complexity index is 988. The number of alkyl halides is 3. The third-order valence-electron chi connectivity index (χ3n) is 4.18. The molecular formula is C22H21F3N2O2S. The van der Waals surface area contributed by atoms with Crippen LogP contribution in [0.3, 0.4) is 0 Å². The second kappa shape index (κ2) is 9.75. The summed E-state index contributed by atoms with van der Waals surface area (Å²) in [6.07, 6.45) is -3.19. The zero-order chi connectivity index (χ0) is 21.6. The minimum atomic E-state index is -4.51. The van der Waals surface area contributed by atoms with E-state index in [1.165, 1.54) is 17.4 Å². The lowest BCUT2D eigenvalue weighted by atomic mass is 10.1. The Morgan fingerprint density at radius 1 is 1.17 bits per heavy atom. The van der Waals surface area contributed by atoms with Crippen molar-refractivity contribution in [1.29, 1.82) is 0 Å². The van der Waals surface area contributed by atoms with Gasteiger partial charge in [-0.05, 0) is 30.2 Å². The fraction of sp³-hybridized carbons (Fsp3) is 0.273. The highest BCUT2D eigenvalue weighted by Gasteiger charge is 2.31. The summed E-state index contributed by atoms with van der Waals surface area (Å²) in [5.74, 6) is -0.242. The first-order chi connectivity index (χ1) is 14.3. The number of hydrogen-bond donors (Lipinski definition) is 1. The predicted octanol–water partition coefficient (Wildman–Crippen LogP) is 5.72. The Morgan fingerprint density at radius 2 is 1.93 bits per heavy atom. The molecule has 0 unspecified atom stereocenters. The molecule has 1 amide bonds. The smallest absolute Gasteiger partial charge is 0.416 e. The highest BCUT2D eigenvalue weighted by molar-refractivity contribution is 7.09. The highest BCUT2D eigenvalue weighted by atomic mass is 32.1. The van der Waals surface area contributed by atoms with Gasteiger partial charge in [0.25, 0.3) is 0 Å². The minimum absolute atomic E-state index is 0.00279. The first-order valence-corrected chi connectivity index (χ1v) is 10.3. The van der Waals surface area contributed by atoms with Gasteiger partial charge in [0.2, 0.25) is 5.91 Å². The molecular weight excluding hydrogens is 413 g/mol. The van der Waals surface area contributed by atoms with Gasteiger partial charge in [-0.25, -0.2) is 4.98 Å². The number of halogens is 3. The van der Waals surface area contributed by atoms with Crippen LogP contribution in [0.4, 0.5) is 18.9 Å². The number of carbonyl (C=O) groups is 1. The van der Waals surface area contributed by atoms with E-state index in [4.69, 9.17) is 4.74 Å². The maximum atomic E-state index is 13.1. The summed E-state index contributed by atoms with van der Waals surface area (Å²) in [7, 11) is 0. The molecule has 2 aromatic carbocycles. The molecule has 3 rings (SSSR count). The van der Waals surface area contributed by atoms with Gasteiger partial charge < -0.3 is 10.1 Å². The van der Waals surface area contributed by atoms with Crippen molar-refractivity contribution < 1.29 is 22.7 Å². The van der Waals surface area contributed by atoms with E-state index in [1.807, 2.05) is 37.3 Å². The summed E-state index contributed by atoms with van der Waals surface area (Å²) in [6.45, 7) is 2.22. The summed E-state index contributed by atoms with van der Waals surface area (Å²) in [4.78, 5) is 16.9. The van der Waals surface area contributed by atoms with E-state index in [0.717, 1.165) is 22.7 Å². The summed E-state index contributed by atoms with van der Waals surface area (Å²) < 4.78 is 44.6. The molecule has 1 N–H and O–H groups in total. The number of thiazole rings is 1. The van der Waals surface area contributed by atoms with E-state index in [0.29, 0.717) is 25.1 Å². The molecule has 0 radical (unpaired) electrons. The molecule has 1 heterocycles. The monoisotopic (exact) mass is 434 g/mol. The first-order valence-electron chi connectivity index (χ1n) is 9.46. The lowest BCUT2D eigenvalue weighted by Gasteiger charge is -2.15. The second-order valence-corrected chi connectivity index (χ2v) is 7.62. The van der Waals surface area contributed by atoms with E-state index < -0.39 is 17.6 Å². The molecule has 30 heavy (non-hydrogen) atoms. The van der Waals surface area contributed by atoms with Gasteiger partial charge in [0.15, 0.2) is 0 Å². The van der Waals surface area contributed by atoms with Crippen LogP contribution in [0.15, 0.2) is 53.9 Å². The average Bonchev–Trinajstić information content (AvgIpc) is 3.13. The lowest BCUT2D eigenvalue weighted by molar-refractivity contribution is -0.137. The molecule has 1 aromatic heterocycles. The summed E-state index contributed by atoms with van der Waals surface area (Å²) >= 11 is 1.45. The molecule has 0 aliphatic rings. The number of ether oxygens (including phenoxy) is 1. The number of amides is 1. The number of nitrogens with zero attached hydrogens (tertiary/aromatic N) is 1. The van der Waals surface area contributed by atoms with Crippen molar-refractivity contribution in [3.8, 4) is 5.75 Å². The van der Waals surface area contributed by atoms with Crippen LogP contribution in [0.1, 0.15) is 35.2 Å². The number of hydrogen-bond acceptors (Lipinski definition) is 4. The Labute approximate surface area is 176 Å². The van der Waals surface area contributed by atoms with Gasteiger partial charge in [-0.1, -0.05) is 37.3 Å². The SMILES string of the molecule is CCCOc1ccc(C(F)(F)F)cc1NC(=O)Cc1csc(Cc2ccccc2)n1. The van der Waals surface area contributed by atoms with Gasteiger partial charge in [-0.15, -0.1) is 11.3 Å². The normalized spacial score (nSPS) is 11.3. The van der Waals surface area contributed by atoms with Crippen LogP contribution < -0.4 is 10.1 Å². The number of benzene rings is 2. The molecule has 0 fully saturated rings. The Kier molecular flexibility index (Phi) is 7.10. The van der Waals surface area contributed by atoms with Gasteiger partial charge in [0, 0.05) is 11.8 Å². The van der Waals surface area contributed by atoms with Crippen LogP contribution in [-0.2, 0) is 23.8 Å². The van der Waals surface area contributed by atoms with E-state index in [-0.39, 0.29) is 17.9 Å². The maximum absolute atomic E-state index is 13.1. The van der Waals surface area contributed by atoms with Crippen molar-refractivity contribution in [2.75, 3.05) is 11.9 Å². The number of aromatic nitrogens is 1. The minimum Gasteiger partial charge on any atom is -0.491 e. The molecule has 4 nitrogen and oxygen atoms in total. The van der Waals surface area contributed by atoms with Crippen LogP contribution in [0.2, 0.25) is 0 Å². The van der Waals surface area contributed by atoms with Crippen molar-refractivity contribution in [2.24, 2.45) is 0 Å². The third kappa shape index (κ3) is 6.06. The van der Waals surface area contributed by atoms with Gasteiger partial charge in [-0.3, -0.25) is 4.79 Å². The van der Waals surface area contributed by atoms with Crippen LogP contribution in [-0.4, -0.2) is 17.5 Å². The molecule has 0 bridgehead atoms. The van der Waals surface area contributed by atoms with Crippen molar-refractivity contribution in [2.45, 2.75) is 32.4 Å². The number of nitrogens with one attached hydrogen (secondary N) is 1. The summed E-state index contributed by atoms with van der Waals surface area (Å²) in [5, 5.41) is 5.20. The molecule has 0 aliphatic heterocycles. The van der Waals surface area contributed by atoms with E-state index >= 15 is 0 Å². The van der Waals surface area contributed by atoms with Crippen LogP contribution in [0.5, 0.6) is 5.75 Å². The molecule has 8 heteroatoms. The first kappa shape index (κ1) is 21.8. The average molecular weight is 434 g/mol. The fourth-order valence-corrected chi connectivity index (χ4v) is 3.61. The Balaban J connectivity index is 1.69. The fourth-order valence-electron chi connectivity index (χ4n) is 2.78. The molecule has 0 saturated carbocycles. The number of anilines is 1. The molecule has 0 spiro atoms. The van der Waals surface area contributed by atoms with Crippen molar-refractivity contribution in [1.82, 2.24) is 4.98 Å². The molecule has 0 atom stereocenters. The largest absolute Gasteiger partial charge is 0.491 e. The second-order valence-electron chi connectivity index (χ2n) is 6.68. The maximum Gasteiger partial charge on any atom is 0.416 e. The van der Waals surface area contributed by atoms with Crippen molar-refractivity contribution in [3.05, 3.63) is 75.7 Å². The van der Waals surface area contributed by atoms with Gasteiger partial charge >= 0.3 is 6.18 Å². The van der Waals surface area contributed by atoms with E-state index in [9.17, 15) is 18.0 Å². The quantitative estimate of drug-likeness (QED) is 0.493. The molecule has 158 valence electrons. The lowest BCUT2D eigenvalue weighted by Crippen LogP contribution is -2.16. The highest BCUT2D eigenvalue weighted by Crippen LogP contribution is 2.35. The van der Waals surface area contributed by atoms with Crippen LogP contribution in [0.25, 0.3) is 0 Å². The number of carbonyl (C=O) groups excluding carboxylic acids is 1. The van der Waals surface area contributed by atoms with Gasteiger partial charge in [-0.2, -0.15) is 13.2 Å². The predicted molar refractivity (Wildman–Crippen MR) is 111 cm³/mol. The van der Waals surface area contributed by atoms with Gasteiger partial charge in [0.05, 0.1) is 35.0 Å². The standard InChI is InChI=1S/C22H21F3N2O2S/c1-2-10-29-19-9-8-16(22(23,24)25)12-18(19)27-20(28)13-17-14-30-21(26-17)11-15-6-4-3-5-7-15/h3-9,12,14H,2,10-11,13H2,1H3,(H,27,28). The van der Waals surface area contributed by atoms with E-state index in [2.05, 4.69) is 10.3 Å². The van der Waals surface area contributed by atoms with Crippen LogP contribution in [0, 0.1) is 0 Å². The summed E-state index contributed by atoms with van der Waals surface area (Å²) in [6, 6.07) is 12.9. The Morgan fingerprint density at radius 3 is 2.63 bits per heavy atom. The topological polar surface area (TPSA) is 51.2 Å². The van der Waals surface area contributed by atoms with Gasteiger partial charge in [0.1, 0.15) is 5.75 Å². The molecule has 3 aromatic rings. The van der Waals surface area contributed by atoms with Crippen LogP contribution >= 0.6 is 11.3 Å². The summed E-state index contributed by atoms with van der Waals surface area (Å²) in [5.41, 5.74) is 0.847. The molecule has 0 saturated heterocycles. The number of rotatable bonds is 8. The third-order valence-corrected chi connectivity index (χ3v) is 5.08. The zero-order valence-electron chi connectivity index (χ0n) is 16.3.